The number of hydrogen-bond donors (Lipinski definition) is 1. The van der Waals surface area contributed by atoms with Crippen molar-refractivity contribution < 1.29 is 4.74 Å². The van der Waals surface area contributed by atoms with E-state index in [-0.39, 0.29) is 0 Å². The van der Waals surface area contributed by atoms with Crippen molar-refractivity contribution in [2.45, 2.75) is 32.7 Å². The van der Waals surface area contributed by atoms with E-state index in [4.69, 9.17) is 4.74 Å². The summed E-state index contributed by atoms with van der Waals surface area (Å²) in [4.78, 5) is 4.36. The number of aromatic nitrogens is 1. The third-order valence-electron chi connectivity index (χ3n) is 3.49. The molecule has 0 bridgehead atoms. The Morgan fingerprint density at radius 1 is 1.20 bits per heavy atom. The fourth-order valence-corrected chi connectivity index (χ4v) is 2.15. The predicted molar refractivity (Wildman–Crippen MR) is 82.2 cm³/mol. The smallest absolute Gasteiger partial charge is 0.223 e. The molecule has 3 nitrogen and oxygen atoms in total. The van der Waals surface area contributed by atoms with Gasteiger partial charge in [0.2, 0.25) is 5.88 Å². The predicted octanol–water partition coefficient (Wildman–Crippen LogP) is 4.11. The van der Waals surface area contributed by atoms with E-state index in [0.717, 1.165) is 24.3 Å². The maximum absolute atomic E-state index is 6.07. The van der Waals surface area contributed by atoms with Gasteiger partial charge in [-0.05, 0) is 37.1 Å². The van der Waals surface area contributed by atoms with E-state index >= 15 is 0 Å². The lowest BCUT2D eigenvalue weighted by Gasteiger charge is -2.16. The maximum Gasteiger partial charge on any atom is 0.223 e. The lowest BCUT2D eigenvalue weighted by atomic mass is 9.98. The van der Waals surface area contributed by atoms with Gasteiger partial charge in [0, 0.05) is 18.3 Å². The van der Waals surface area contributed by atoms with E-state index < -0.39 is 0 Å². The van der Waals surface area contributed by atoms with Crippen LogP contribution >= 0.6 is 0 Å². The Morgan fingerprint density at radius 3 is 2.75 bits per heavy atom. The Hall–Kier alpha value is -1.87. The number of rotatable bonds is 6. The Balaban J connectivity index is 2.30. The zero-order valence-corrected chi connectivity index (χ0v) is 12.4. The van der Waals surface area contributed by atoms with Crippen LogP contribution in [0.2, 0.25) is 0 Å². The number of ether oxygens (including phenoxy) is 1. The second-order valence-corrected chi connectivity index (χ2v) is 4.95. The molecule has 0 aliphatic carbocycles. The Bertz CT molecular complexity index is 554. The van der Waals surface area contributed by atoms with Crippen molar-refractivity contribution in [3.05, 3.63) is 53.7 Å². The molecule has 106 valence electrons. The minimum atomic E-state index is 0.475. The first-order chi connectivity index (χ1) is 9.76. The summed E-state index contributed by atoms with van der Waals surface area (Å²) >= 11 is 0. The summed E-state index contributed by atoms with van der Waals surface area (Å²) in [5, 5.41) is 3.14. The van der Waals surface area contributed by atoms with Crippen LogP contribution in [0.4, 0.5) is 0 Å². The highest BCUT2D eigenvalue weighted by Gasteiger charge is 2.12. The van der Waals surface area contributed by atoms with E-state index in [9.17, 15) is 0 Å². The molecule has 1 atom stereocenters. The van der Waals surface area contributed by atoms with Crippen LogP contribution in [0.3, 0.4) is 0 Å². The van der Waals surface area contributed by atoms with Gasteiger partial charge < -0.3 is 10.1 Å². The minimum absolute atomic E-state index is 0.475. The van der Waals surface area contributed by atoms with Gasteiger partial charge in [0.25, 0.3) is 0 Å². The summed E-state index contributed by atoms with van der Waals surface area (Å²) in [5.41, 5.74) is 2.30. The summed E-state index contributed by atoms with van der Waals surface area (Å²) in [7, 11) is 1.92. The Labute approximate surface area is 121 Å². The van der Waals surface area contributed by atoms with Crippen molar-refractivity contribution in [3.63, 3.8) is 0 Å². The molecule has 1 aromatic heterocycles. The van der Waals surface area contributed by atoms with E-state index in [2.05, 4.69) is 36.3 Å². The van der Waals surface area contributed by atoms with E-state index in [1.54, 1.807) is 6.20 Å². The topological polar surface area (TPSA) is 34.1 Å². The number of benzene rings is 1. The molecule has 1 N–H and O–H groups in total. The van der Waals surface area contributed by atoms with Gasteiger partial charge >= 0.3 is 0 Å². The van der Waals surface area contributed by atoms with Crippen LogP contribution in [0.15, 0.2) is 42.6 Å². The summed E-state index contributed by atoms with van der Waals surface area (Å²) in [6.45, 7) is 5.15. The Morgan fingerprint density at radius 2 is 2.00 bits per heavy atom. The van der Waals surface area contributed by atoms with Gasteiger partial charge in [-0.2, -0.15) is 0 Å². The number of pyridine rings is 1. The van der Waals surface area contributed by atoms with Gasteiger partial charge in [-0.25, -0.2) is 4.98 Å². The van der Waals surface area contributed by atoms with Crippen LogP contribution in [0.1, 0.15) is 37.3 Å². The standard InChI is InChI=1S/C17H22N2O/c1-4-13(2)15-9-5-6-10-16(15)20-17-14(12-18-3)8-7-11-19-17/h5-11,13,18H,4,12H2,1-3H3. The van der Waals surface area contributed by atoms with Crippen LogP contribution in [0, 0.1) is 0 Å². The average Bonchev–Trinajstić information content (AvgIpc) is 2.49. The van der Waals surface area contributed by atoms with E-state index in [1.165, 1.54) is 5.56 Å². The third kappa shape index (κ3) is 3.36. The first kappa shape index (κ1) is 14.5. The highest BCUT2D eigenvalue weighted by molar-refractivity contribution is 5.40. The molecule has 3 heteroatoms. The highest BCUT2D eigenvalue weighted by Crippen LogP contribution is 2.32. The zero-order valence-electron chi connectivity index (χ0n) is 12.4. The summed E-state index contributed by atoms with van der Waals surface area (Å²) in [5.74, 6) is 2.05. The molecule has 0 radical (unpaired) electrons. The zero-order chi connectivity index (χ0) is 14.4. The van der Waals surface area contributed by atoms with Crippen molar-refractivity contribution in [2.75, 3.05) is 7.05 Å². The molecule has 1 heterocycles. The van der Waals surface area contributed by atoms with Crippen molar-refractivity contribution in [1.29, 1.82) is 0 Å². The number of para-hydroxylation sites is 1. The SMILES string of the molecule is CCC(C)c1ccccc1Oc1ncccc1CNC. The van der Waals surface area contributed by atoms with Crippen LogP contribution in [0.5, 0.6) is 11.6 Å². The quantitative estimate of drug-likeness (QED) is 0.857. The average molecular weight is 270 g/mol. The number of hydrogen-bond acceptors (Lipinski definition) is 3. The van der Waals surface area contributed by atoms with Gasteiger partial charge in [-0.1, -0.05) is 38.1 Å². The monoisotopic (exact) mass is 270 g/mol. The summed E-state index contributed by atoms with van der Waals surface area (Å²) < 4.78 is 6.07. The molecule has 1 aromatic carbocycles. The van der Waals surface area contributed by atoms with Crippen LogP contribution < -0.4 is 10.1 Å². The van der Waals surface area contributed by atoms with Gasteiger partial charge in [-0.15, -0.1) is 0 Å². The summed E-state index contributed by atoms with van der Waals surface area (Å²) in [6, 6.07) is 12.2. The molecular formula is C17H22N2O. The molecular weight excluding hydrogens is 248 g/mol. The molecule has 20 heavy (non-hydrogen) atoms. The fraction of sp³-hybridized carbons (Fsp3) is 0.353. The molecule has 0 fully saturated rings. The summed E-state index contributed by atoms with van der Waals surface area (Å²) in [6.07, 6.45) is 2.85. The normalized spacial score (nSPS) is 12.2. The maximum atomic E-state index is 6.07. The van der Waals surface area contributed by atoms with Gasteiger partial charge in [0.1, 0.15) is 5.75 Å². The highest BCUT2D eigenvalue weighted by atomic mass is 16.5. The molecule has 1 unspecified atom stereocenters. The van der Waals surface area contributed by atoms with Crippen molar-refractivity contribution in [3.8, 4) is 11.6 Å². The van der Waals surface area contributed by atoms with Crippen molar-refractivity contribution in [2.24, 2.45) is 0 Å². The fourth-order valence-electron chi connectivity index (χ4n) is 2.15. The molecule has 2 aromatic rings. The van der Waals surface area contributed by atoms with Gasteiger partial charge in [0.05, 0.1) is 0 Å². The largest absolute Gasteiger partial charge is 0.438 e. The van der Waals surface area contributed by atoms with Crippen LogP contribution in [-0.2, 0) is 6.54 Å². The van der Waals surface area contributed by atoms with Gasteiger partial charge in [0.15, 0.2) is 0 Å². The molecule has 0 saturated carbocycles. The molecule has 0 spiro atoms. The second-order valence-electron chi connectivity index (χ2n) is 4.95. The van der Waals surface area contributed by atoms with E-state index in [0.29, 0.717) is 11.8 Å². The number of nitrogens with one attached hydrogen (secondary N) is 1. The Kier molecular flexibility index (Phi) is 5.13. The minimum Gasteiger partial charge on any atom is -0.438 e. The second kappa shape index (κ2) is 7.06. The van der Waals surface area contributed by atoms with Crippen LogP contribution in [-0.4, -0.2) is 12.0 Å². The number of nitrogens with zero attached hydrogens (tertiary/aromatic N) is 1. The molecule has 0 aliphatic rings. The van der Waals surface area contributed by atoms with Crippen LogP contribution in [0.25, 0.3) is 0 Å². The molecule has 0 amide bonds. The third-order valence-corrected chi connectivity index (χ3v) is 3.49. The lowest BCUT2D eigenvalue weighted by molar-refractivity contribution is 0.444. The van der Waals surface area contributed by atoms with Crippen molar-refractivity contribution in [1.82, 2.24) is 10.3 Å². The first-order valence-electron chi connectivity index (χ1n) is 7.11. The van der Waals surface area contributed by atoms with E-state index in [1.807, 2.05) is 31.3 Å². The first-order valence-corrected chi connectivity index (χ1v) is 7.11. The molecule has 2 rings (SSSR count). The molecule has 0 aliphatic heterocycles. The molecule has 0 saturated heterocycles. The van der Waals surface area contributed by atoms with Crippen molar-refractivity contribution >= 4 is 0 Å². The lowest BCUT2D eigenvalue weighted by Crippen LogP contribution is -2.07. The van der Waals surface area contributed by atoms with Gasteiger partial charge in [-0.3, -0.25) is 0 Å².